The number of rotatable bonds is 0. The topological polar surface area (TPSA) is 82.9 Å². The molecule has 2 bridgehead atoms. The first-order chi connectivity index (χ1) is 8.24. The Hall–Kier alpha value is -1.72. The molecule has 0 aromatic heterocycles. The maximum atomic E-state index is 11.6. The Bertz CT molecular complexity index is 452. The number of fused-ring (bicyclic) bond motifs is 6. The largest absolute Gasteiger partial charge is 0.272 e. The quantitative estimate of drug-likeness (QED) is 0.596. The summed E-state index contributed by atoms with van der Waals surface area (Å²) in [7, 11) is 0. The molecular weight excluding hydrogens is 220 g/mol. The molecule has 2 N–H and O–H groups in total. The first-order valence-corrected chi connectivity index (χ1v) is 5.98. The SMILES string of the molecule is O=C1NN=C2[C@H]3C[C@H](C[C@H]12)C1=NNC(=O)[C@@H]1C3. The van der Waals surface area contributed by atoms with Gasteiger partial charge >= 0.3 is 0 Å². The van der Waals surface area contributed by atoms with Gasteiger partial charge in [0.2, 0.25) is 11.8 Å². The smallest absolute Gasteiger partial charge is 0.248 e. The Morgan fingerprint density at radius 2 is 1.29 bits per heavy atom. The molecule has 2 aliphatic heterocycles. The summed E-state index contributed by atoms with van der Waals surface area (Å²) in [5.74, 6) is 0.379. The van der Waals surface area contributed by atoms with Gasteiger partial charge in [-0.3, -0.25) is 9.59 Å². The molecule has 6 heteroatoms. The van der Waals surface area contributed by atoms with Gasteiger partial charge in [0.25, 0.3) is 0 Å². The van der Waals surface area contributed by atoms with Gasteiger partial charge in [0.15, 0.2) is 0 Å². The molecule has 4 aliphatic rings. The van der Waals surface area contributed by atoms with E-state index in [0.717, 1.165) is 30.7 Å². The highest BCUT2D eigenvalue weighted by molar-refractivity contribution is 6.15. The lowest BCUT2D eigenvalue weighted by Gasteiger charge is -2.38. The lowest BCUT2D eigenvalue weighted by atomic mass is 9.63. The fourth-order valence-electron chi connectivity index (χ4n) is 3.61. The van der Waals surface area contributed by atoms with Crippen LogP contribution in [0.3, 0.4) is 0 Å². The van der Waals surface area contributed by atoms with Crippen LogP contribution in [0.25, 0.3) is 0 Å². The van der Waals surface area contributed by atoms with Crippen LogP contribution in [0.2, 0.25) is 0 Å². The van der Waals surface area contributed by atoms with Crippen molar-refractivity contribution in [1.29, 1.82) is 0 Å². The van der Waals surface area contributed by atoms with Gasteiger partial charge in [-0.25, -0.2) is 10.9 Å². The minimum Gasteiger partial charge on any atom is -0.272 e. The van der Waals surface area contributed by atoms with Gasteiger partial charge in [-0.15, -0.1) is 0 Å². The Kier molecular flexibility index (Phi) is 1.61. The van der Waals surface area contributed by atoms with Crippen LogP contribution in [0.15, 0.2) is 10.2 Å². The van der Waals surface area contributed by atoms with Crippen LogP contribution in [0.5, 0.6) is 0 Å². The Labute approximate surface area is 97.5 Å². The van der Waals surface area contributed by atoms with Crippen molar-refractivity contribution in [2.24, 2.45) is 33.9 Å². The Morgan fingerprint density at radius 1 is 0.824 bits per heavy atom. The molecule has 2 heterocycles. The maximum Gasteiger partial charge on any atom is 0.248 e. The van der Waals surface area contributed by atoms with Crippen molar-refractivity contribution in [3.63, 3.8) is 0 Å². The van der Waals surface area contributed by atoms with Crippen molar-refractivity contribution >= 4 is 23.2 Å². The summed E-state index contributed by atoms with van der Waals surface area (Å²) in [5, 5.41) is 8.29. The molecule has 4 atom stereocenters. The normalized spacial score (nSPS) is 42.1. The second-order valence-electron chi connectivity index (χ2n) is 5.23. The van der Waals surface area contributed by atoms with E-state index in [2.05, 4.69) is 21.1 Å². The monoisotopic (exact) mass is 232 g/mol. The number of hydrogen-bond donors (Lipinski definition) is 2. The van der Waals surface area contributed by atoms with Crippen molar-refractivity contribution in [2.45, 2.75) is 19.3 Å². The lowest BCUT2D eigenvalue weighted by Crippen LogP contribution is -2.45. The van der Waals surface area contributed by atoms with E-state index in [4.69, 9.17) is 0 Å². The molecule has 6 nitrogen and oxygen atoms in total. The molecule has 2 fully saturated rings. The van der Waals surface area contributed by atoms with Crippen molar-refractivity contribution in [3.8, 4) is 0 Å². The van der Waals surface area contributed by atoms with E-state index < -0.39 is 0 Å². The molecule has 2 amide bonds. The van der Waals surface area contributed by atoms with E-state index in [9.17, 15) is 9.59 Å². The predicted molar refractivity (Wildman–Crippen MR) is 59.0 cm³/mol. The number of nitrogens with one attached hydrogen (secondary N) is 2. The van der Waals surface area contributed by atoms with Crippen molar-refractivity contribution in [3.05, 3.63) is 0 Å². The van der Waals surface area contributed by atoms with Gasteiger partial charge < -0.3 is 0 Å². The van der Waals surface area contributed by atoms with Crippen LogP contribution in [0.1, 0.15) is 19.3 Å². The average Bonchev–Trinajstić information content (AvgIpc) is 2.86. The minimum atomic E-state index is -0.0851. The zero-order valence-corrected chi connectivity index (χ0v) is 9.14. The number of hydrogen-bond acceptors (Lipinski definition) is 4. The predicted octanol–water partition coefficient (Wildman–Crippen LogP) is -0.380. The Morgan fingerprint density at radius 3 is 1.76 bits per heavy atom. The third-order valence-corrected chi connectivity index (χ3v) is 4.38. The molecular formula is C11H12N4O2. The third kappa shape index (κ3) is 1.10. The van der Waals surface area contributed by atoms with E-state index in [-0.39, 0.29) is 35.5 Å². The van der Waals surface area contributed by atoms with Gasteiger partial charge in [-0.05, 0) is 19.3 Å². The van der Waals surface area contributed by atoms with Crippen LogP contribution in [-0.4, -0.2) is 23.2 Å². The van der Waals surface area contributed by atoms with Crippen LogP contribution in [-0.2, 0) is 9.59 Å². The summed E-state index contributed by atoms with van der Waals surface area (Å²) in [6, 6.07) is 0. The molecule has 0 aromatic carbocycles. The highest BCUT2D eigenvalue weighted by Gasteiger charge is 2.51. The summed E-state index contributed by atoms with van der Waals surface area (Å²) >= 11 is 0. The van der Waals surface area contributed by atoms with Crippen molar-refractivity contribution in [2.75, 3.05) is 0 Å². The standard InChI is InChI=1S/C11H12N4O2/c16-10-6-2-4-1-5(9(6)13-14-10)3-7-8(4)12-15-11(7)17/h4-7H,1-3H2,(H,14,16)(H,15,17)/t4-,5+,6+,7-. The minimum absolute atomic E-state index is 0.00559. The van der Waals surface area contributed by atoms with E-state index >= 15 is 0 Å². The molecule has 2 aliphatic carbocycles. The number of carbonyl (C=O) groups is 2. The van der Waals surface area contributed by atoms with E-state index in [1.54, 1.807) is 0 Å². The molecule has 17 heavy (non-hydrogen) atoms. The average molecular weight is 232 g/mol. The number of amides is 2. The number of hydrazone groups is 2. The zero-order valence-electron chi connectivity index (χ0n) is 9.14. The molecule has 0 unspecified atom stereocenters. The molecule has 88 valence electrons. The van der Waals surface area contributed by atoms with E-state index in [1.165, 1.54) is 0 Å². The summed E-state index contributed by atoms with van der Waals surface area (Å²) in [4.78, 5) is 23.3. The second-order valence-corrected chi connectivity index (χ2v) is 5.23. The molecule has 0 spiro atoms. The van der Waals surface area contributed by atoms with Gasteiger partial charge in [-0.1, -0.05) is 0 Å². The van der Waals surface area contributed by atoms with Crippen molar-refractivity contribution < 1.29 is 9.59 Å². The van der Waals surface area contributed by atoms with Gasteiger partial charge in [0, 0.05) is 11.8 Å². The summed E-state index contributed by atoms with van der Waals surface area (Å²) in [5.41, 5.74) is 7.05. The summed E-state index contributed by atoms with van der Waals surface area (Å²) < 4.78 is 0. The van der Waals surface area contributed by atoms with Crippen LogP contribution in [0, 0.1) is 23.7 Å². The van der Waals surface area contributed by atoms with E-state index in [1.807, 2.05) is 0 Å². The lowest BCUT2D eigenvalue weighted by molar-refractivity contribution is -0.122. The van der Waals surface area contributed by atoms with Gasteiger partial charge in [0.1, 0.15) is 0 Å². The van der Waals surface area contributed by atoms with Crippen LogP contribution in [0.4, 0.5) is 0 Å². The molecule has 0 radical (unpaired) electrons. The molecule has 2 saturated carbocycles. The summed E-state index contributed by atoms with van der Waals surface area (Å²) in [6.07, 6.45) is 2.49. The molecule has 0 aromatic rings. The Balaban J connectivity index is 1.73. The molecule has 4 rings (SSSR count). The fourth-order valence-corrected chi connectivity index (χ4v) is 3.61. The fraction of sp³-hybridized carbons (Fsp3) is 0.636. The number of carbonyl (C=O) groups excluding carboxylic acids is 2. The van der Waals surface area contributed by atoms with Crippen molar-refractivity contribution in [1.82, 2.24) is 10.9 Å². The maximum absolute atomic E-state index is 11.6. The summed E-state index contributed by atoms with van der Waals surface area (Å²) in [6.45, 7) is 0. The van der Waals surface area contributed by atoms with Gasteiger partial charge in [0.05, 0.1) is 23.3 Å². The first kappa shape index (κ1) is 9.32. The number of nitrogens with zero attached hydrogens (tertiary/aromatic N) is 2. The van der Waals surface area contributed by atoms with Gasteiger partial charge in [-0.2, -0.15) is 10.2 Å². The highest BCUT2D eigenvalue weighted by atomic mass is 16.2. The molecule has 0 saturated heterocycles. The van der Waals surface area contributed by atoms with Crippen LogP contribution >= 0.6 is 0 Å². The second kappa shape index (κ2) is 2.94. The third-order valence-electron chi connectivity index (χ3n) is 4.38. The highest BCUT2D eigenvalue weighted by Crippen LogP contribution is 2.44. The first-order valence-electron chi connectivity index (χ1n) is 5.98. The van der Waals surface area contributed by atoms with E-state index in [0.29, 0.717) is 0 Å². The zero-order chi connectivity index (χ0) is 11.6. The van der Waals surface area contributed by atoms with Crippen LogP contribution < -0.4 is 10.9 Å².